The summed E-state index contributed by atoms with van der Waals surface area (Å²) >= 11 is 4.86. The monoisotopic (exact) mass is 325 g/mol. The highest BCUT2D eigenvalue weighted by molar-refractivity contribution is 9.10. The molecule has 0 saturated heterocycles. The molecule has 1 atom stereocenters. The fourth-order valence-corrected chi connectivity index (χ4v) is 3.02. The number of hydrogen-bond donors (Lipinski definition) is 2. The van der Waals surface area contributed by atoms with Gasteiger partial charge in [0.05, 0.1) is 0 Å². The molecule has 1 heterocycles. The number of carboxylic acids is 1. The lowest BCUT2D eigenvalue weighted by atomic mass is 10.1. The van der Waals surface area contributed by atoms with E-state index in [0.717, 1.165) is 20.6 Å². The van der Waals surface area contributed by atoms with Crippen molar-refractivity contribution in [3.8, 4) is 0 Å². The van der Waals surface area contributed by atoms with Crippen LogP contribution < -0.4 is 5.32 Å². The van der Waals surface area contributed by atoms with Crippen LogP contribution in [-0.4, -0.2) is 11.1 Å². The van der Waals surface area contributed by atoms with Gasteiger partial charge < -0.3 is 10.4 Å². The molecule has 3 nitrogen and oxygen atoms in total. The molecule has 0 aliphatic heterocycles. The van der Waals surface area contributed by atoms with E-state index in [0.29, 0.717) is 0 Å². The highest BCUT2D eigenvalue weighted by atomic mass is 79.9. The van der Waals surface area contributed by atoms with E-state index < -0.39 is 12.0 Å². The van der Waals surface area contributed by atoms with E-state index in [1.807, 2.05) is 42.6 Å². The Bertz CT molecular complexity index is 568. The number of carbonyl (C=O) groups is 1. The van der Waals surface area contributed by atoms with E-state index in [-0.39, 0.29) is 0 Å². The number of benzene rings is 1. The zero-order chi connectivity index (χ0) is 13.1. The van der Waals surface area contributed by atoms with E-state index in [1.54, 1.807) is 0 Å². The lowest BCUT2D eigenvalue weighted by Gasteiger charge is -2.16. The zero-order valence-electron chi connectivity index (χ0n) is 9.68. The fraction of sp³-hybridized carbons (Fsp3) is 0.154. The van der Waals surface area contributed by atoms with E-state index >= 15 is 0 Å². The Morgan fingerprint density at radius 2 is 2.11 bits per heavy atom. The van der Waals surface area contributed by atoms with Crippen molar-refractivity contribution in [2.75, 3.05) is 5.32 Å². The summed E-state index contributed by atoms with van der Waals surface area (Å²) < 4.78 is 0.852. The van der Waals surface area contributed by atoms with E-state index in [9.17, 15) is 9.90 Å². The second kappa shape index (κ2) is 5.54. The number of carboxylic acid groups (broad SMARTS) is 1. The predicted octanol–water partition coefficient (Wildman–Crippen LogP) is 4.06. The van der Waals surface area contributed by atoms with E-state index in [1.165, 1.54) is 11.3 Å². The number of anilines is 1. The first kappa shape index (κ1) is 13.1. The summed E-state index contributed by atoms with van der Waals surface area (Å²) in [5.74, 6) is -0.878. The van der Waals surface area contributed by atoms with Gasteiger partial charge in [-0.1, -0.05) is 12.1 Å². The quantitative estimate of drug-likeness (QED) is 0.891. The Hall–Kier alpha value is -1.33. The minimum Gasteiger partial charge on any atom is -0.479 e. The minimum absolute atomic E-state index is 0.719. The standard InChI is InChI=1S/C13H12BrNO2S/c1-8-6-7-18-12(8)11(13(16)17)15-10-5-3-2-4-9(10)14/h2-7,11,15H,1H3,(H,16,17). The second-order valence-electron chi connectivity index (χ2n) is 3.86. The summed E-state index contributed by atoms with van der Waals surface area (Å²) in [6, 6.07) is 8.70. The van der Waals surface area contributed by atoms with Crippen LogP contribution in [-0.2, 0) is 4.79 Å². The molecule has 2 rings (SSSR count). The number of nitrogens with one attached hydrogen (secondary N) is 1. The van der Waals surface area contributed by atoms with Crippen molar-refractivity contribution in [3.63, 3.8) is 0 Å². The van der Waals surface area contributed by atoms with Crippen molar-refractivity contribution in [1.82, 2.24) is 0 Å². The third-order valence-corrected chi connectivity index (χ3v) is 4.36. The van der Waals surface area contributed by atoms with Gasteiger partial charge in [0.25, 0.3) is 0 Å². The molecule has 1 unspecified atom stereocenters. The highest BCUT2D eigenvalue weighted by Gasteiger charge is 2.23. The summed E-state index contributed by atoms with van der Waals surface area (Å²) in [6.07, 6.45) is 0. The Kier molecular flexibility index (Phi) is 4.04. The average molecular weight is 326 g/mol. The van der Waals surface area contributed by atoms with Gasteiger partial charge in [-0.25, -0.2) is 4.79 Å². The maximum atomic E-state index is 11.4. The molecular weight excluding hydrogens is 314 g/mol. The van der Waals surface area contributed by atoms with Crippen LogP contribution in [0.3, 0.4) is 0 Å². The molecule has 18 heavy (non-hydrogen) atoms. The van der Waals surface area contributed by atoms with Crippen molar-refractivity contribution in [3.05, 3.63) is 50.6 Å². The second-order valence-corrected chi connectivity index (χ2v) is 5.67. The average Bonchev–Trinajstić information content (AvgIpc) is 2.74. The summed E-state index contributed by atoms with van der Waals surface area (Å²) in [5, 5.41) is 14.3. The van der Waals surface area contributed by atoms with Gasteiger partial charge in [0.15, 0.2) is 6.04 Å². The number of hydrogen-bond acceptors (Lipinski definition) is 3. The smallest absolute Gasteiger partial charge is 0.331 e. The largest absolute Gasteiger partial charge is 0.479 e. The van der Waals surface area contributed by atoms with Crippen molar-refractivity contribution < 1.29 is 9.90 Å². The van der Waals surface area contributed by atoms with Crippen LogP contribution in [0, 0.1) is 6.92 Å². The van der Waals surface area contributed by atoms with Gasteiger partial charge >= 0.3 is 5.97 Å². The Morgan fingerprint density at radius 1 is 1.39 bits per heavy atom. The molecule has 2 N–H and O–H groups in total. The number of para-hydroxylation sites is 1. The predicted molar refractivity (Wildman–Crippen MR) is 77.2 cm³/mol. The molecule has 0 fully saturated rings. The van der Waals surface area contributed by atoms with Gasteiger partial charge in [-0.2, -0.15) is 0 Å². The van der Waals surface area contributed by atoms with Crippen LogP contribution in [0.15, 0.2) is 40.2 Å². The Balaban J connectivity index is 2.31. The molecule has 0 aliphatic carbocycles. The zero-order valence-corrected chi connectivity index (χ0v) is 12.1. The summed E-state index contributed by atoms with van der Waals surface area (Å²) in [6.45, 7) is 1.92. The molecule has 0 bridgehead atoms. The molecule has 0 saturated carbocycles. The first-order chi connectivity index (χ1) is 8.59. The SMILES string of the molecule is Cc1ccsc1C(Nc1ccccc1Br)C(=O)O. The molecule has 1 aromatic heterocycles. The van der Waals surface area contributed by atoms with Crippen molar-refractivity contribution in [2.45, 2.75) is 13.0 Å². The molecule has 0 aliphatic rings. The third kappa shape index (κ3) is 2.73. The van der Waals surface area contributed by atoms with Gasteiger partial charge in [-0.15, -0.1) is 11.3 Å². The van der Waals surface area contributed by atoms with Crippen LogP contribution in [0.2, 0.25) is 0 Å². The summed E-state index contributed by atoms with van der Waals surface area (Å²) in [5.41, 5.74) is 1.77. The van der Waals surface area contributed by atoms with Gasteiger partial charge in [-0.05, 0) is 52.0 Å². The van der Waals surface area contributed by atoms with Crippen LogP contribution in [0.1, 0.15) is 16.5 Å². The van der Waals surface area contributed by atoms with Crippen molar-refractivity contribution in [2.24, 2.45) is 0 Å². The van der Waals surface area contributed by atoms with Gasteiger partial charge in [0.2, 0.25) is 0 Å². The van der Waals surface area contributed by atoms with Gasteiger partial charge in [-0.3, -0.25) is 0 Å². The number of halogens is 1. The molecule has 1 aromatic carbocycles. The van der Waals surface area contributed by atoms with Gasteiger partial charge in [0, 0.05) is 15.0 Å². The fourth-order valence-electron chi connectivity index (χ4n) is 1.65. The molecule has 2 aromatic rings. The van der Waals surface area contributed by atoms with Crippen LogP contribution in [0.25, 0.3) is 0 Å². The van der Waals surface area contributed by atoms with E-state index in [4.69, 9.17) is 0 Å². The van der Waals surface area contributed by atoms with Gasteiger partial charge in [0.1, 0.15) is 0 Å². The molecular formula is C13H12BrNO2S. The number of aryl methyl sites for hydroxylation is 1. The first-order valence-corrected chi connectivity index (χ1v) is 7.04. The molecule has 0 radical (unpaired) electrons. The van der Waals surface area contributed by atoms with E-state index in [2.05, 4.69) is 21.2 Å². The topological polar surface area (TPSA) is 49.3 Å². The first-order valence-electron chi connectivity index (χ1n) is 5.37. The lowest BCUT2D eigenvalue weighted by molar-refractivity contribution is -0.138. The lowest BCUT2D eigenvalue weighted by Crippen LogP contribution is -2.20. The molecule has 0 amide bonds. The van der Waals surface area contributed by atoms with Crippen molar-refractivity contribution >= 4 is 38.9 Å². The van der Waals surface area contributed by atoms with Crippen LogP contribution in [0.5, 0.6) is 0 Å². The third-order valence-electron chi connectivity index (χ3n) is 2.58. The van der Waals surface area contributed by atoms with Crippen LogP contribution in [0.4, 0.5) is 5.69 Å². The molecule has 94 valence electrons. The Morgan fingerprint density at radius 3 is 2.67 bits per heavy atom. The Labute approximate surface area is 118 Å². The maximum absolute atomic E-state index is 11.4. The number of rotatable bonds is 4. The van der Waals surface area contributed by atoms with Crippen molar-refractivity contribution in [1.29, 1.82) is 0 Å². The summed E-state index contributed by atoms with van der Waals surface area (Å²) in [4.78, 5) is 12.2. The van der Waals surface area contributed by atoms with Crippen LogP contribution >= 0.6 is 27.3 Å². The number of aliphatic carboxylic acids is 1. The normalized spacial score (nSPS) is 12.1. The maximum Gasteiger partial charge on any atom is 0.331 e. The molecule has 0 spiro atoms. The molecule has 5 heteroatoms. The number of thiophene rings is 1. The summed E-state index contributed by atoms with van der Waals surface area (Å²) in [7, 11) is 0. The highest BCUT2D eigenvalue weighted by Crippen LogP contribution is 2.30. The minimum atomic E-state index is -0.878.